The van der Waals surface area contributed by atoms with Gasteiger partial charge in [0, 0.05) is 19.4 Å². The van der Waals surface area contributed by atoms with Crippen molar-refractivity contribution in [2.45, 2.75) is 258 Å². The molecule has 0 saturated carbocycles. The number of esters is 2. The average molecular weight is 735 g/mol. The average Bonchev–Trinajstić information content (AvgIpc) is 3.14. The lowest BCUT2D eigenvalue weighted by atomic mass is 10.0. The van der Waals surface area contributed by atoms with Crippen molar-refractivity contribution in [3.63, 3.8) is 0 Å². The van der Waals surface area contributed by atoms with E-state index in [1.54, 1.807) is 0 Å². The fourth-order valence-corrected chi connectivity index (χ4v) is 6.80. The van der Waals surface area contributed by atoms with Crippen LogP contribution in [0.25, 0.3) is 0 Å². The molecule has 0 aliphatic carbocycles. The van der Waals surface area contributed by atoms with E-state index < -0.39 is 6.10 Å². The molecule has 1 unspecified atom stereocenters. The van der Waals surface area contributed by atoms with Crippen LogP contribution in [-0.4, -0.2) is 37.9 Å². The van der Waals surface area contributed by atoms with Gasteiger partial charge in [-0.05, 0) is 44.9 Å². The zero-order chi connectivity index (χ0) is 37.8. The maximum atomic E-state index is 12.7. The third-order valence-corrected chi connectivity index (χ3v) is 10.3. The zero-order valence-electron chi connectivity index (χ0n) is 35.4. The van der Waals surface area contributed by atoms with Gasteiger partial charge in [-0.1, -0.05) is 206 Å². The van der Waals surface area contributed by atoms with Crippen molar-refractivity contribution < 1.29 is 23.8 Å². The Hall–Kier alpha value is -1.36. The molecule has 5 nitrogen and oxygen atoms in total. The smallest absolute Gasteiger partial charge is 0.306 e. The number of allylic oxidation sites excluding steroid dienone is 2. The highest BCUT2D eigenvalue weighted by Gasteiger charge is 2.17. The molecule has 0 bridgehead atoms. The van der Waals surface area contributed by atoms with Crippen LogP contribution in [0.1, 0.15) is 252 Å². The molecule has 0 amide bonds. The molecule has 0 fully saturated rings. The van der Waals surface area contributed by atoms with Crippen molar-refractivity contribution in [1.29, 1.82) is 0 Å². The highest BCUT2D eigenvalue weighted by atomic mass is 16.6. The van der Waals surface area contributed by atoms with E-state index in [-0.39, 0.29) is 18.5 Å². The third kappa shape index (κ3) is 41.4. The molecule has 0 aromatic rings. The van der Waals surface area contributed by atoms with Gasteiger partial charge in [0.25, 0.3) is 0 Å². The van der Waals surface area contributed by atoms with Gasteiger partial charge in [0.05, 0.1) is 6.61 Å². The van der Waals surface area contributed by atoms with Crippen LogP contribution in [0.5, 0.6) is 0 Å². The summed E-state index contributed by atoms with van der Waals surface area (Å²) in [5.74, 6) is -0.395. The first kappa shape index (κ1) is 50.6. The van der Waals surface area contributed by atoms with Crippen LogP contribution in [0.3, 0.4) is 0 Å². The second kappa shape index (κ2) is 44.0. The van der Waals surface area contributed by atoms with Crippen molar-refractivity contribution in [3.05, 3.63) is 12.2 Å². The molecule has 0 spiro atoms. The molecule has 0 heterocycles. The summed E-state index contributed by atoms with van der Waals surface area (Å²) in [6, 6.07) is 0. The summed E-state index contributed by atoms with van der Waals surface area (Å²) in [6.45, 7) is 7.82. The van der Waals surface area contributed by atoms with Crippen molar-refractivity contribution in [2.24, 2.45) is 0 Å². The molecule has 0 rings (SSSR count). The molecule has 0 aliphatic rings. The topological polar surface area (TPSA) is 61.8 Å². The van der Waals surface area contributed by atoms with Crippen LogP contribution >= 0.6 is 0 Å². The van der Waals surface area contributed by atoms with E-state index in [0.29, 0.717) is 26.1 Å². The van der Waals surface area contributed by atoms with E-state index in [1.807, 2.05) is 0 Å². The van der Waals surface area contributed by atoms with Crippen LogP contribution in [0.15, 0.2) is 12.2 Å². The maximum absolute atomic E-state index is 12.7. The minimum Gasteiger partial charge on any atom is -0.462 e. The highest BCUT2D eigenvalue weighted by molar-refractivity contribution is 5.70. The summed E-state index contributed by atoms with van der Waals surface area (Å²) in [4.78, 5) is 25.2. The highest BCUT2D eigenvalue weighted by Crippen LogP contribution is 2.15. The normalized spacial score (nSPS) is 12.1. The van der Waals surface area contributed by atoms with E-state index in [9.17, 15) is 9.59 Å². The summed E-state index contributed by atoms with van der Waals surface area (Å²) in [6.07, 6.45) is 47.9. The van der Waals surface area contributed by atoms with E-state index in [0.717, 1.165) is 44.9 Å². The van der Waals surface area contributed by atoms with Gasteiger partial charge in [-0.3, -0.25) is 9.59 Å². The molecule has 0 aromatic carbocycles. The fourth-order valence-electron chi connectivity index (χ4n) is 6.80. The fraction of sp³-hybridized carbons (Fsp3) is 0.915. The first-order valence-corrected chi connectivity index (χ1v) is 23.2. The molecular weight excluding hydrogens is 645 g/mol. The molecule has 0 saturated heterocycles. The number of unbranched alkanes of at least 4 members (excludes halogenated alkanes) is 30. The van der Waals surface area contributed by atoms with Crippen molar-refractivity contribution >= 4 is 11.9 Å². The SMILES string of the molecule is CCCCCCCC/C=C\CCCCCCCC(=O)OCC(COCCCCCCCC)OC(=O)CCCCCCCCCCCCCCCCC. The zero-order valence-corrected chi connectivity index (χ0v) is 35.4. The number of hydrogen-bond donors (Lipinski definition) is 0. The second-order valence-corrected chi connectivity index (χ2v) is 15.7. The van der Waals surface area contributed by atoms with Gasteiger partial charge in [0.1, 0.15) is 6.61 Å². The summed E-state index contributed by atoms with van der Waals surface area (Å²) >= 11 is 0. The van der Waals surface area contributed by atoms with Gasteiger partial charge in [0.15, 0.2) is 6.10 Å². The lowest BCUT2D eigenvalue weighted by Crippen LogP contribution is -2.30. The summed E-state index contributed by atoms with van der Waals surface area (Å²) < 4.78 is 17.2. The van der Waals surface area contributed by atoms with Gasteiger partial charge in [-0.2, -0.15) is 0 Å². The molecule has 0 radical (unpaired) electrons. The Balaban J connectivity index is 4.08. The predicted octanol–water partition coefficient (Wildman–Crippen LogP) is 15.1. The van der Waals surface area contributed by atoms with Crippen LogP contribution in [0.4, 0.5) is 0 Å². The van der Waals surface area contributed by atoms with Crippen molar-refractivity contribution in [1.82, 2.24) is 0 Å². The van der Waals surface area contributed by atoms with Gasteiger partial charge >= 0.3 is 11.9 Å². The maximum Gasteiger partial charge on any atom is 0.306 e. The largest absolute Gasteiger partial charge is 0.462 e. The Kier molecular flexibility index (Phi) is 42.9. The molecule has 0 aromatic heterocycles. The number of carbonyl (C=O) groups is 2. The Labute approximate surface area is 325 Å². The van der Waals surface area contributed by atoms with Crippen LogP contribution in [0, 0.1) is 0 Å². The monoisotopic (exact) mass is 735 g/mol. The van der Waals surface area contributed by atoms with Crippen LogP contribution in [0.2, 0.25) is 0 Å². The Morgan fingerprint density at radius 1 is 0.404 bits per heavy atom. The van der Waals surface area contributed by atoms with E-state index in [1.165, 1.54) is 173 Å². The van der Waals surface area contributed by atoms with Gasteiger partial charge in [-0.15, -0.1) is 0 Å². The Bertz CT molecular complexity index is 750. The standard InChI is InChI=1S/C47H90O5/c1-4-7-10-13-16-18-20-22-24-26-28-30-32-34-37-40-46(48)51-44-45(43-50-42-39-36-15-12-9-6-3)52-47(49)41-38-35-33-31-29-27-25-23-21-19-17-14-11-8-5-2/h22,24,45H,4-21,23,25-44H2,1-3H3/b24-22-. The number of ether oxygens (including phenoxy) is 3. The lowest BCUT2D eigenvalue weighted by molar-refractivity contribution is -0.163. The molecule has 0 aliphatic heterocycles. The van der Waals surface area contributed by atoms with E-state index in [2.05, 4.69) is 32.9 Å². The quantitative estimate of drug-likeness (QED) is 0.0355. The van der Waals surface area contributed by atoms with E-state index >= 15 is 0 Å². The molecular formula is C47H90O5. The molecule has 1 atom stereocenters. The Morgan fingerprint density at radius 3 is 1.17 bits per heavy atom. The number of hydrogen-bond acceptors (Lipinski definition) is 5. The van der Waals surface area contributed by atoms with Crippen molar-refractivity contribution in [3.8, 4) is 0 Å². The third-order valence-electron chi connectivity index (χ3n) is 10.3. The van der Waals surface area contributed by atoms with Gasteiger partial charge in [0.2, 0.25) is 0 Å². The summed E-state index contributed by atoms with van der Waals surface area (Å²) in [5, 5.41) is 0. The molecule has 5 heteroatoms. The molecule has 52 heavy (non-hydrogen) atoms. The van der Waals surface area contributed by atoms with Crippen molar-refractivity contribution in [2.75, 3.05) is 19.8 Å². The predicted molar refractivity (Wildman–Crippen MR) is 224 cm³/mol. The van der Waals surface area contributed by atoms with E-state index in [4.69, 9.17) is 14.2 Å². The summed E-state index contributed by atoms with van der Waals surface area (Å²) in [5.41, 5.74) is 0. The second-order valence-electron chi connectivity index (χ2n) is 15.7. The molecule has 0 N–H and O–H groups in total. The number of rotatable bonds is 43. The van der Waals surface area contributed by atoms with Crippen LogP contribution in [-0.2, 0) is 23.8 Å². The van der Waals surface area contributed by atoms with Gasteiger partial charge in [-0.25, -0.2) is 0 Å². The van der Waals surface area contributed by atoms with Gasteiger partial charge < -0.3 is 14.2 Å². The first-order valence-electron chi connectivity index (χ1n) is 23.2. The lowest BCUT2D eigenvalue weighted by Gasteiger charge is -2.18. The minimum absolute atomic E-state index is 0.0883. The number of carbonyl (C=O) groups excluding carboxylic acids is 2. The summed E-state index contributed by atoms with van der Waals surface area (Å²) in [7, 11) is 0. The minimum atomic E-state index is -0.526. The van der Waals surface area contributed by atoms with Crippen LogP contribution < -0.4 is 0 Å². The molecule has 308 valence electrons. The first-order chi connectivity index (χ1) is 25.6. The Morgan fingerprint density at radius 2 is 0.750 bits per heavy atom.